The number of rotatable bonds is 7. The predicted molar refractivity (Wildman–Crippen MR) is 199 cm³/mol. The molecule has 0 bridgehead atoms. The van der Waals surface area contributed by atoms with Crippen LogP contribution in [0.2, 0.25) is 0 Å². The van der Waals surface area contributed by atoms with E-state index in [-0.39, 0.29) is 44.1 Å². The van der Waals surface area contributed by atoms with Crippen LogP contribution in [0.4, 0.5) is 0 Å². The van der Waals surface area contributed by atoms with Crippen molar-refractivity contribution in [2.45, 2.75) is 187 Å². The highest BCUT2D eigenvalue weighted by molar-refractivity contribution is 5.83. The number of esters is 1. The SMILES string of the molecule is C.COC1CC(OC2C(C)C(=O)OC(C3CCCC3)C(C)C(O)C(C)C(=O)C(C)CC(C)(O)C(OC3OC(C)CC(N(C)C)C3O)C2C)OC(C)C1O. The van der Waals surface area contributed by atoms with Gasteiger partial charge in [0.05, 0.1) is 48.1 Å². The molecule has 0 radical (unpaired) electrons. The number of likely N-dealkylation sites (N-methyl/N-ethyl adjacent to an activating group) is 1. The molecule has 13 nitrogen and oxygen atoms in total. The van der Waals surface area contributed by atoms with Crippen molar-refractivity contribution in [3.05, 3.63) is 0 Å². The molecule has 4 aliphatic rings. The molecule has 3 aliphatic heterocycles. The number of Topliss-reactive ketones (excluding diaryl/α,β-unsaturated/α-hetero) is 1. The fourth-order valence-electron chi connectivity index (χ4n) is 9.41. The normalized spacial score (nSPS) is 47.1. The van der Waals surface area contributed by atoms with Crippen molar-refractivity contribution in [1.29, 1.82) is 0 Å². The minimum Gasteiger partial charge on any atom is -0.461 e. The molecule has 0 aromatic rings. The van der Waals surface area contributed by atoms with Crippen LogP contribution in [0.3, 0.4) is 0 Å². The van der Waals surface area contributed by atoms with E-state index in [2.05, 4.69) is 0 Å². The average Bonchev–Trinajstić information content (AvgIpc) is 3.63. The van der Waals surface area contributed by atoms with Gasteiger partial charge in [0.15, 0.2) is 12.6 Å². The number of nitrogens with zero attached hydrogens (tertiary/aromatic N) is 1. The lowest BCUT2D eigenvalue weighted by atomic mass is 9.74. The topological polar surface area (TPSA) is 174 Å². The molecule has 4 rings (SSSR count). The Balaban J connectivity index is 0.00000756. The van der Waals surface area contributed by atoms with Gasteiger partial charge in [0, 0.05) is 43.2 Å². The Kier molecular flexibility index (Phi) is 16.8. The molecule has 0 amide bonds. The monoisotopic (exact) mass is 760 g/mol. The molecule has 4 fully saturated rings. The van der Waals surface area contributed by atoms with Crippen LogP contribution >= 0.6 is 0 Å². The van der Waals surface area contributed by atoms with Crippen molar-refractivity contribution in [2.24, 2.45) is 35.5 Å². The number of ether oxygens (including phenoxy) is 6. The summed E-state index contributed by atoms with van der Waals surface area (Å²) in [4.78, 5) is 30.3. The molecule has 3 heterocycles. The van der Waals surface area contributed by atoms with E-state index in [0.29, 0.717) is 6.42 Å². The third kappa shape index (κ3) is 10.6. The minimum atomic E-state index is -1.71. The zero-order valence-corrected chi connectivity index (χ0v) is 33.3. The number of aliphatic hydroxyl groups excluding tert-OH is 3. The lowest BCUT2D eigenvalue weighted by Crippen LogP contribution is -2.60. The van der Waals surface area contributed by atoms with E-state index >= 15 is 0 Å². The maximum Gasteiger partial charge on any atom is 0.311 e. The van der Waals surface area contributed by atoms with Crippen LogP contribution in [-0.2, 0) is 38.0 Å². The summed E-state index contributed by atoms with van der Waals surface area (Å²) >= 11 is 0. The molecule has 310 valence electrons. The van der Waals surface area contributed by atoms with Gasteiger partial charge in [0.2, 0.25) is 0 Å². The number of hydrogen-bond acceptors (Lipinski definition) is 13. The summed E-state index contributed by atoms with van der Waals surface area (Å²) in [6.45, 7) is 14.0. The molecule has 3 saturated heterocycles. The number of carbonyl (C=O) groups excluding carboxylic acids is 2. The van der Waals surface area contributed by atoms with Gasteiger partial charge in [-0.15, -0.1) is 0 Å². The lowest BCUT2D eigenvalue weighted by molar-refractivity contribution is -0.311. The molecular weight excluding hydrogens is 686 g/mol. The summed E-state index contributed by atoms with van der Waals surface area (Å²) < 4.78 is 37.6. The highest BCUT2D eigenvalue weighted by Crippen LogP contribution is 2.41. The first kappa shape index (κ1) is 46.1. The van der Waals surface area contributed by atoms with Crippen molar-refractivity contribution < 1.29 is 58.4 Å². The maximum atomic E-state index is 14.4. The summed E-state index contributed by atoms with van der Waals surface area (Å²) in [5.74, 6) is -4.39. The second kappa shape index (κ2) is 19.3. The van der Waals surface area contributed by atoms with E-state index in [4.69, 9.17) is 28.4 Å². The number of carbonyl (C=O) groups is 2. The van der Waals surface area contributed by atoms with Gasteiger partial charge >= 0.3 is 5.97 Å². The van der Waals surface area contributed by atoms with E-state index in [1.165, 1.54) is 7.11 Å². The summed E-state index contributed by atoms with van der Waals surface area (Å²) in [5, 5.41) is 46.3. The number of cyclic esters (lactones) is 1. The van der Waals surface area contributed by atoms with Gasteiger partial charge in [-0.3, -0.25) is 9.59 Å². The second-order valence-corrected chi connectivity index (χ2v) is 17.1. The Morgan fingerprint density at radius 2 is 1.45 bits per heavy atom. The third-order valence-corrected chi connectivity index (χ3v) is 12.6. The Hall–Kier alpha value is -1.26. The highest BCUT2D eigenvalue weighted by Gasteiger charge is 2.51. The molecule has 4 N–H and O–H groups in total. The van der Waals surface area contributed by atoms with Gasteiger partial charge in [0.25, 0.3) is 0 Å². The zero-order valence-electron chi connectivity index (χ0n) is 33.3. The Morgan fingerprint density at radius 3 is 2.04 bits per heavy atom. The Labute approximate surface area is 318 Å². The van der Waals surface area contributed by atoms with Crippen molar-refractivity contribution in [3.8, 4) is 0 Å². The quantitative estimate of drug-likeness (QED) is 0.277. The Morgan fingerprint density at radius 1 is 0.830 bits per heavy atom. The van der Waals surface area contributed by atoms with Crippen LogP contribution in [-0.4, -0.2) is 137 Å². The van der Waals surface area contributed by atoms with E-state index in [1.807, 2.05) is 39.8 Å². The standard InChI is InChI=1S/C39H69NO12.CH4/c1-19-18-39(8,46)36(52-38-33(44)27(40(9)10)16-20(2)48-38)23(5)34(50-29-17-28(47-11)32(43)25(7)49-29)24(6)37(45)51-35(26-14-12-13-15-26)22(4)31(42)21(3)30(19)41;/h19-29,31-36,38,42-44,46H,12-18H2,1-11H3;1H4. The van der Waals surface area contributed by atoms with Gasteiger partial charge in [-0.05, 0) is 73.4 Å². The number of aliphatic hydroxyl groups is 4. The van der Waals surface area contributed by atoms with Gasteiger partial charge in [-0.1, -0.05) is 48.0 Å². The number of ketones is 1. The summed E-state index contributed by atoms with van der Waals surface area (Å²) in [5.41, 5.74) is -1.71. The van der Waals surface area contributed by atoms with Gasteiger partial charge in [0.1, 0.15) is 24.1 Å². The molecule has 18 atom stereocenters. The van der Waals surface area contributed by atoms with E-state index in [9.17, 15) is 30.0 Å². The van der Waals surface area contributed by atoms with Gasteiger partial charge < -0.3 is 53.7 Å². The molecule has 0 spiro atoms. The fourth-order valence-corrected chi connectivity index (χ4v) is 9.41. The molecule has 0 aromatic heterocycles. The third-order valence-electron chi connectivity index (χ3n) is 12.6. The predicted octanol–water partition coefficient (Wildman–Crippen LogP) is 3.70. The summed E-state index contributed by atoms with van der Waals surface area (Å²) in [6.07, 6.45) is -4.90. The zero-order chi connectivity index (χ0) is 38.8. The van der Waals surface area contributed by atoms with Crippen molar-refractivity contribution in [1.82, 2.24) is 4.90 Å². The molecular formula is C40H73NO12. The summed E-state index contributed by atoms with van der Waals surface area (Å²) in [7, 11) is 5.25. The lowest BCUT2D eigenvalue weighted by Gasteiger charge is -2.48. The summed E-state index contributed by atoms with van der Waals surface area (Å²) in [6, 6.07) is -0.291. The molecule has 13 heteroatoms. The van der Waals surface area contributed by atoms with Crippen LogP contribution in [0.1, 0.15) is 108 Å². The van der Waals surface area contributed by atoms with Gasteiger partial charge in [-0.2, -0.15) is 0 Å². The van der Waals surface area contributed by atoms with Crippen molar-refractivity contribution in [3.63, 3.8) is 0 Å². The van der Waals surface area contributed by atoms with Crippen LogP contribution < -0.4 is 0 Å². The van der Waals surface area contributed by atoms with E-state index < -0.39 is 103 Å². The smallest absolute Gasteiger partial charge is 0.311 e. The number of methoxy groups -OCH3 is 1. The molecule has 1 aliphatic carbocycles. The van der Waals surface area contributed by atoms with Crippen LogP contribution in [0.5, 0.6) is 0 Å². The van der Waals surface area contributed by atoms with Crippen molar-refractivity contribution in [2.75, 3.05) is 21.2 Å². The largest absolute Gasteiger partial charge is 0.461 e. The van der Waals surface area contributed by atoms with E-state index in [0.717, 1.165) is 25.7 Å². The Bertz CT molecular complexity index is 1160. The average molecular weight is 760 g/mol. The second-order valence-electron chi connectivity index (χ2n) is 17.1. The first-order valence-electron chi connectivity index (χ1n) is 19.6. The fraction of sp³-hybridized carbons (Fsp3) is 0.950. The first-order chi connectivity index (χ1) is 24.3. The highest BCUT2D eigenvalue weighted by atomic mass is 16.7. The molecule has 1 saturated carbocycles. The minimum absolute atomic E-state index is 0. The van der Waals surface area contributed by atoms with Crippen molar-refractivity contribution >= 4 is 11.8 Å². The maximum absolute atomic E-state index is 14.4. The van der Waals surface area contributed by atoms with Gasteiger partial charge in [-0.25, -0.2) is 0 Å². The molecule has 0 aromatic carbocycles. The van der Waals surface area contributed by atoms with Crippen LogP contribution in [0.25, 0.3) is 0 Å². The molecule has 18 unspecified atom stereocenters. The van der Waals surface area contributed by atoms with Crippen LogP contribution in [0.15, 0.2) is 0 Å². The van der Waals surface area contributed by atoms with Crippen LogP contribution in [0, 0.1) is 35.5 Å². The number of hydrogen-bond donors (Lipinski definition) is 4. The van der Waals surface area contributed by atoms with E-state index in [1.54, 1.807) is 34.6 Å². The first-order valence-corrected chi connectivity index (χ1v) is 19.6. The molecule has 53 heavy (non-hydrogen) atoms.